The lowest BCUT2D eigenvalue weighted by molar-refractivity contribution is 0.372. The van der Waals surface area contributed by atoms with E-state index in [4.69, 9.17) is 19.3 Å². The number of hydrogen-bond acceptors (Lipinski definition) is 1. The van der Waals surface area contributed by atoms with Gasteiger partial charge in [0.15, 0.2) is 0 Å². The molecule has 1 nitrogen and oxygen atoms in total. The van der Waals surface area contributed by atoms with Crippen molar-refractivity contribution in [1.82, 2.24) is 0 Å². The molecular formula is C11H6O. The van der Waals surface area contributed by atoms with Crippen molar-refractivity contribution in [2.75, 3.05) is 7.11 Å². The van der Waals surface area contributed by atoms with Crippen LogP contribution in [0.3, 0.4) is 0 Å². The van der Waals surface area contributed by atoms with Gasteiger partial charge in [0.2, 0.25) is 0 Å². The van der Waals surface area contributed by atoms with Crippen LogP contribution in [0.5, 0.6) is 0 Å². The molecule has 0 spiro atoms. The molecule has 0 rings (SSSR count). The smallest absolute Gasteiger partial charge is 0.116 e. The van der Waals surface area contributed by atoms with Gasteiger partial charge in [-0.25, -0.2) is 0 Å². The van der Waals surface area contributed by atoms with Crippen molar-refractivity contribution >= 4 is 0 Å². The van der Waals surface area contributed by atoms with Crippen LogP contribution in [0, 0.1) is 49.1 Å². The summed E-state index contributed by atoms with van der Waals surface area (Å²) in [4.78, 5) is 0. The molecule has 0 aliphatic heterocycles. The molecule has 0 aromatic carbocycles. The second-order valence-corrected chi connectivity index (χ2v) is 1.61. The van der Waals surface area contributed by atoms with E-state index in [0.29, 0.717) is 5.57 Å². The molecule has 0 aromatic rings. The number of allylic oxidation sites excluding steroid dienone is 2. The first kappa shape index (κ1) is 9.78. The predicted octanol–water partition coefficient (Wildman–Crippen LogP) is 0.790. The first-order valence-corrected chi connectivity index (χ1v) is 2.98. The van der Waals surface area contributed by atoms with Crippen molar-refractivity contribution in [3.63, 3.8) is 0 Å². The van der Waals surface area contributed by atoms with Crippen LogP contribution in [0.25, 0.3) is 0 Å². The molecule has 1 heteroatoms. The summed E-state index contributed by atoms with van der Waals surface area (Å²) in [6.45, 7) is 0. The van der Waals surface area contributed by atoms with Crippen LogP contribution in [0.1, 0.15) is 0 Å². The second-order valence-electron chi connectivity index (χ2n) is 1.61. The average molecular weight is 154 g/mol. The molecule has 0 aliphatic carbocycles. The molecule has 0 N–H and O–H groups in total. The summed E-state index contributed by atoms with van der Waals surface area (Å²) in [5.74, 6) is 9.30. The lowest BCUT2D eigenvalue weighted by Gasteiger charge is -1.87. The van der Waals surface area contributed by atoms with Crippen LogP contribution in [0.4, 0.5) is 0 Å². The fraction of sp³-hybridized carbons (Fsp3) is 0.0909. The zero-order valence-corrected chi connectivity index (χ0v) is 6.64. The van der Waals surface area contributed by atoms with Crippen molar-refractivity contribution in [2.45, 2.75) is 0 Å². The van der Waals surface area contributed by atoms with Crippen LogP contribution in [0.15, 0.2) is 11.1 Å². The van der Waals surface area contributed by atoms with E-state index < -0.39 is 0 Å². The number of terminal acetylenes is 3. The third-order valence-corrected chi connectivity index (χ3v) is 0.961. The fourth-order valence-corrected chi connectivity index (χ4v) is 0.459. The van der Waals surface area contributed by atoms with E-state index in [1.54, 1.807) is 0 Å². The quantitative estimate of drug-likeness (QED) is 0.469. The third-order valence-electron chi connectivity index (χ3n) is 0.961. The van der Waals surface area contributed by atoms with Crippen molar-refractivity contribution in [1.29, 1.82) is 0 Å². The summed E-state index contributed by atoms with van der Waals surface area (Å²) < 4.78 is 4.49. The summed E-state index contributed by atoms with van der Waals surface area (Å²) in [6.07, 6.45) is 17.6. The minimum absolute atomic E-state index is 0.266. The highest BCUT2D eigenvalue weighted by atomic mass is 16.5. The molecule has 0 bridgehead atoms. The number of hydrogen-bond donors (Lipinski definition) is 0. The second kappa shape index (κ2) is 5.56. The first-order valence-electron chi connectivity index (χ1n) is 2.98. The average Bonchev–Trinajstić information content (AvgIpc) is 2.12. The van der Waals surface area contributed by atoms with Crippen LogP contribution < -0.4 is 0 Å². The van der Waals surface area contributed by atoms with E-state index in [9.17, 15) is 0 Å². The van der Waals surface area contributed by atoms with E-state index in [1.807, 2.05) is 0 Å². The molecule has 0 aromatic heterocycles. The molecule has 0 saturated heterocycles. The highest BCUT2D eigenvalue weighted by molar-refractivity contribution is 5.58. The Bertz CT molecular complexity index is 350. The Kier molecular flexibility index (Phi) is 4.53. The highest BCUT2D eigenvalue weighted by Gasteiger charge is 1.93. The third kappa shape index (κ3) is 2.58. The Morgan fingerprint density at radius 1 is 1.00 bits per heavy atom. The maximum Gasteiger partial charge on any atom is 0.116 e. The van der Waals surface area contributed by atoms with E-state index in [0.717, 1.165) is 0 Å². The van der Waals surface area contributed by atoms with E-state index in [1.165, 1.54) is 7.11 Å². The van der Waals surface area contributed by atoms with E-state index in [-0.39, 0.29) is 5.57 Å². The zero-order valence-electron chi connectivity index (χ0n) is 6.64. The topological polar surface area (TPSA) is 9.23 Å². The number of methoxy groups -OCH3 is 1. The van der Waals surface area contributed by atoms with Crippen molar-refractivity contribution in [2.24, 2.45) is 0 Å². The maximum absolute atomic E-state index is 5.11. The fourth-order valence-electron chi connectivity index (χ4n) is 0.459. The summed E-state index contributed by atoms with van der Waals surface area (Å²) in [6, 6.07) is 0. The molecule has 0 radical (unpaired) electrons. The Balaban J connectivity index is 5.08. The molecule has 0 fully saturated rings. The molecule has 0 heterocycles. The summed E-state index contributed by atoms with van der Waals surface area (Å²) in [5.41, 5.74) is 0.559. The molecule has 0 saturated carbocycles. The standard InChI is InChI=1S/C11H6O/c1-5-10(6-2)11(7-3)8-9-12-4/h1-3H,4H3. The van der Waals surface area contributed by atoms with Gasteiger partial charge >= 0.3 is 0 Å². The van der Waals surface area contributed by atoms with Crippen LogP contribution >= 0.6 is 0 Å². The van der Waals surface area contributed by atoms with E-state index in [2.05, 4.69) is 34.5 Å². The van der Waals surface area contributed by atoms with Gasteiger partial charge in [-0.15, -0.1) is 19.3 Å². The van der Waals surface area contributed by atoms with Gasteiger partial charge in [-0.2, -0.15) is 0 Å². The van der Waals surface area contributed by atoms with Crippen LogP contribution in [0.2, 0.25) is 0 Å². The first-order chi connectivity index (χ1) is 5.79. The lowest BCUT2D eigenvalue weighted by atomic mass is 10.1. The minimum atomic E-state index is 0.266. The van der Waals surface area contributed by atoms with Crippen molar-refractivity contribution < 1.29 is 4.74 Å². The van der Waals surface area contributed by atoms with Gasteiger partial charge in [0, 0.05) is 0 Å². The van der Waals surface area contributed by atoms with Gasteiger partial charge in [-0.05, 0) is 5.92 Å². The Morgan fingerprint density at radius 2 is 1.50 bits per heavy atom. The van der Waals surface area contributed by atoms with Gasteiger partial charge < -0.3 is 4.74 Å². The number of rotatable bonds is 0. The molecule has 0 unspecified atom stereocenters. The highest BCUT2D eigenvalue weighted by Crippen LogP contribution is 1.98. The Labute approximate surface area is 72.8 Å². The van der Waals surface area contributed by atoms with E-state index >= 15 is 0 Å². The van der Waals surface area contributed by atoms with Gasteiger partial charge in [-0.1, -0.05) is 17.8 Å². The van der Waals surface area contributed by atoms with Gasteiger partial charge in [-0.3, -0.25) is 0 Å². The molecule has 0 amide bonds. The lowest BCUT2D eigenvalue weighted by Crippen LogP contribution is -1.81. The Morgan fingerprint density at radius 3 is 1.83 bits per heavy atom. The normalized spacial score (nSPS) is 5.83. The maximum atomic E-state index is 5.11. The largest absolute Gasteiger partial charge is 0.450 e. The van der Waals surface area contributed by atoms with Crippen molar-refractivity contribution in [3.8, 4) is 49.1 Å². The predicted molar refractivity (Wildman–Crippen MR) is 48.3 cm³/mol. The van der Waals surface area contributed by atoms with Gasteiger partial charge in [0.1, 0.15) is 11.7 Å². The Hall–Kier alpha value is -2.22. The zero-order chi connectivity index (χ0) is 9.40. The molecule has 0 aliphatic rings. The summed E-state index contributed by atoms with van der Waals surface area (Å²) in [7, 11) is 1.42. The summed E-state index contributed by atoms with van der Waals surface area (Å²) in [5, 5.41) is 0. The van der Waals surface area contributed by atoms with Gasteiger partial charge in [0.05, 0.1) is 12.7 Å². The SMILES string of the molecule is C#CC(C#C)=C(C#C)C#COC. The molecule has 0 atom stereocenters. The monoisotopic (exact) mass is 154 g/mol. The molecule has 56 valence electrons. The van der Waals surface area contributed by atoms with Crippen LogP contribution in [-0.2, 0) is 4.74 Å². The van der Waals surface area contributed by atoms with Crippen LogP contribution in [-0.4, -0.2) is 7.11 Å². The molecular weight excluding hydrogens is 148 g/mol. The number of ether oxygens (including phenoxy) is 1. The minimum Gasteiger partial charge on any atom is -0.450 e. The van der Waals surface area contributed by atoms with Crippen molar-refractivity contribution in [3.05, 3.63) is 11.1 Å². The van der Waals surface area contributed by atoms with Gasteiger partial charge in [0.25, 0.3) is 0 Å². The molecule has 12 heavy (non-hydrogen) atoms. The summed E-state index contributed by atoms with van der Waals surface area (Å²) >= 11 is 0.